The molecule has 1 amide bonds. The Morgan fingerprint density at radius 1 is 1.25 bits per heavy atom. The lowest BCUT2D eigenvalue weighted by Gasteiger charge is -2.34. The van der Waals surface area contributed by atoms with Crippen molar-refractivity contribution in [3.63, 3.8) is 0 Å². The highest BCUT2D eigenvalue weighted by molar-refractivity contribution is 5.92. The van der Waals surface area contributed by atoms with Gasteiger partial charge in [-0.1, -0.05) is 32.0 Å². The van der Waals surface area contributed by atoms with Gasteiger partial charge in [-0.15, -0.1) is 0 Å². The number of carbonyl (C=O) groups excluding carboxylic acids is 1. The normalized spacial score (nSPS) is 16.4. The smallest absolute Gasteiger partial charge is 0.407 e. The highest BCUT2D eigenvalue weighted by Crippen LogP contribution is 2.33. The number of para-hydroxylation sites is 1. The van der Waals surface area contributed by atoms with Gasteiger partial charge in [0.05, 0.1) is 17.7 Å². The molecule has 1 aromatic heterocycles. The Morgan fingerprint density at radius 2 is 2.06 bits per heavy atom. The number of aryl methyl sites for hydroxylation is 1. The van der Waals surface area contributed by atoms with Crippen molar-refractivity contribution in [2.75, 3.05) is 24.6 Å². The number of ether oxygens (including phenoxy) is 1. The van der Waals surface area contributed by atoms with Crippen LogP contribution in [0.25, 0.3) is 22.3 Å². The van der Waals surface area contributed by atoms with Gasteiger partial charge in [-0.2, -0.15) is 0 Å². The topological polar surface area (TPSA) is 87.6 Å². The van der Waals surface area contributed by atoms with E-state index in [1.54, 1.807) is 12.1 Å². The Kier molecular flexibility index (Phi) is 6.44. The molecular formula is C25H30N4O3. The Hall–Kier alpha value is -3.35. The van der Waals surface area contributed by atoms with E-state index in [0.717, 1.165) is 41.7 Å². The molecule has 168 valence electrons. The van der Waals surface area contributed by atoms with Crippen LogP contribution in [0.3, 0.4) is 0 Å². The fourth-order valence-corrected chi connectivity index (χ4v) is 3.99. The summed E-state index contributed by atoms with van der Waals surface area (Å²) in [6.07, 6.45) is 1.45. The second-order valence-corrected chi connectivity index (χ2v) is 8.83. The number of alkyl carbamates (subject to hydrolysis) is 1. The van der Waals surface area contributed by atoms with Crippen molar-refractivity contribution in [2.45, 2.75) is 39.7 Å². The molecule has 4 rings (SSSR count). The van der Waals surface area contributed by atoms with Crippen molar-refractivity contribution in [3.05, 3.63) is 48.0 Å². The van der Waals surface area contributed by atoms with Crippen molar-refractivity contribution in [1.82, 2.24) is 15.3 Å². The van der Waals surface area contributed by atoms with E-state index in [1.165, 1.54) is 0 Å². The minimum Gasteiger partial charge on any atom is -0.507 e. The van der Waals surface area contributed by atoms with Crippen LogP contribution in [0.2, 0.25) is 0 Å². The predicted octanol–water partition coefficient (Wildman–Crippen LogP) is 4.66. The monoisotopic (exact) mass is 434 g/mol. The molecule has 0 radical (unpaired) electrons. The summed E-state index contributed by atoms with van der Waals surface area (Å²) in [5.41, 5.74) is 2.54. The van der Waals surface area contributed by atoms with Gasteiger partial charge in [0, 0.05) is 24.5 Å². The molecule has 0 aliphatic carbocycles. The lowest BCUT2D eigenvalue weighted by Crippen LogP contribution is -2.48. The van der Waals surface area contributed by atoms with E-state index in [-0.39, 0.29) is 17.9 Å². The fourth-order valence-electron chi connectivity index (χ4n) is 3.99. The van der Waals surface area contributed by atoms with Crippen LogP contribution >= 0.6 is 0 Å². The third-order valence-electron chi connectivity index (χ3n) is 5.57. The summed E-state index contributed by atoms with van der Waals surface area (Å²) in [7, 11) is 0. The van der Waals surface area contributed by atoms with Crippen LogP contribution in [0.15, 0.2) is 42.5 Å². The number of amides is 1. The Morgan fingerprint density at radius 3 is 2.84 bits per heavy atom. The molecule has 2 heterocycles. The zero-order valence-corrected chi connectivity index (χ0v) is 18.8. The third-order valence-corrected chi connectivity index (χ3v) is 5.57. The summed E-state index contributed by atoms with van der Waals surface area (Å²) in [5.74, 6) is 1.75. The molecule has 2 aromatic carbocycles. The first-order valence-corrected chi connectivity index (χ1v) is 11.2. The number of aromatic nitrogens is 2. The number of piperidine rings is 1. The summed E-state index contributed by atoms with van der Waals surface area (Å²) < 4.78 is 5.30. The summed E-state index contributed by atoms with van der Waals surface area (Å²) in [4.78, 5) is 24.0. The minimum absolute atomic E-state index is 0.0209. The molecule has 1 aliphatic rings. The van der Waals surface area contributed by atoms with E-state index in [2.05, 4.69) is 16.3 Å². The van der Waals surface area contributed by atoms with Gasteiger partial charge < -0.3 is 20.1 Å². The number of nitrogens with one attached hydrogen (secondary N) is 1. The largest absolute Gasteiger partial charge is 0.507 e. The minimum atomic E-state index is -0.372. The molecule has 7 heteroatoms. The highest BCUT2D eigenvalue weighted by atomic mass is 16.5. The number of rotatable bonds is 5. The number of benzene rings is 2. The zero-order chi connectivity index (χ0) is 22.7. The molecule has 7 nitrogen and oxygen atoms in total. The van der Waals surface area contributed by atoms with E-state index < -0.39 is 0 Å². The lowest BCUT2D eigenvalue weighted by atomic mass is 10.0. The van der Waals surface area contributed by atoms with Gasteiger partial charge in [0.1, 0.15) is 11.6 Å². The summed E-state index contributed by atoms with van der Waals surface area (Å²) in [6, 6.07) is 13.2. The maximum Gasteiger partial charge on any atom is 0.407 e. The maximum atomic E-state index is 12.2. The number of anilines is 1. The van der Waals surface area contributed by atoms with Crippen LogP contribution in [0.1, 0.15) is 32.3 Å². The van der Waals surface area contributed by atoms with Crippen LogP contribution < -0.4 is 10.2 Å². The quantitative estimate of drug-likeness (QED) is 0.607. The summed E-state index contributed by atoms with van der Waals surface area (Å²) in [6.45, 7) is 7.93. The average molecular weight is 435 g/mol. The summed E-state index contributed by atoms with van der Waals surface area (Å²) >= 11 is 0. The zero-order valence-electron chi connectivity index (χ0n) is 18.8. The number of nitrogens with zero attached hydrogens (tertiary/aromatic N) is 3. The van der Waals surface area contributed by atoms with Crippen molar-refractivity contribution >= 4 is 22.8 Å². The molecule has 0 saturated carbocycles. The Balaban J connectivity index is 1.65. The van der Waals surface area contributed by atoms with Crippen LogP contribution in [0.4, 0.5) is 10.6 Å². The summed E-state index contributed by atoms with van der Waals surface area (Å²) in [5, 5.41) is 14.3. The number of fused-ring (bicyclic) bond motifs is 1. The SMILES string of the molecule is Cc1ccc2c(N3CCC[C@H](NC(=O)OCC(C)C)C3)nc(-c3ccccc3O)nc2c1. The molecule has 1 aliphatic heterocycles. The van der Waals surface area contributed by atoms with Crippen molar-refractivity contribution < 1.29 is 14.6 Å². The standard InChI is InChI=1S/C25H30N4O3/c1-16(2)15-32-25(31)26-18-7-6-12-29(14-18)24-19-11-10-17(3)13-21(19)27-23(28-24)20-8-4-5-9-22(20)30/h4-5,8-11,13,16,18,30H,6-7,12,14-15H2,1-3H3,(H,26,31)/t18-/m0/s1. The first kappa shape index (κ1) is 21.9. The van der Waals surface area contributed by atoms with Gasteiger partial charge in [-0.05, 0) is 55.5 Å². The van der Waals surface area contributed by atoms with Gasteiger partial charge in [-0.3, -0.25) is 0 Å². The van der Waals surface area contributed by atoms with E-state index in [0.29, 0.717) is 30.5 Å². The molecule has 32 heavy (non-hydrogen) atoms. The first-order valence-electron chi connectivity index (χ1n) is 11.2. The highest BCUT2D eigenvalue weighted by Gasteiger charge is 2.25. The predicted molar refractivity (Wildman–Crippen MR) is 126 cm³/mol. The van der Waals surface area contributed by atoms with Crippen LogP contribution in [0, 0.1) is 12.8 Å². The van der Waals surface area contributed by atoms with Gasteiger partial charge in [0.25, 0.3) is 0 Å². The Labute approximate surface area is 188 Å². The molecule has 1 atom stereocenters. The van der Waals surface area contributed by atoms with Gasteiger partial charge in [0.2, 0.25) is 0 Å². The number of hydrogen-bond donors (Lipinski definition) is 2. The van der Waals surface area contributed by atoms with E-state index in [1.807, 2.05) is 45.0 Å². The molecule has 2 N–H and O–H groups in total. The molecule has 0 unspecified atom stereocenters. The maximum absolute atomic E-state index is 12.2. The fraction of sp³-hybridized carbons (Fsp3) is 0.400. The molecule has 1 saturated heterocycles. The Bertz CT molecular complexity index is 1120. The van der Waals surface area contributed by atoms with Crippen molar-refractivity contribution in [3.8, 4) is 17.1 Å². The molecule has 1 fully saturated rings. The molecule has 3 aromatic rings. The van der Waals surface area contributed by atoms with Gasteiger partial charge >= 0.3 is 6.09 Å². The number of phenols is 1. The number of phenolic OH excluding ortho intramolecular Hbond substituents is 1. The number of hydrogen-bond acceptors (Lipinski definition) is 6. The van der Waals surface area contributed by atoms with Crippen molar-refractivity contribution in [1.29, 1.82) is 0 Å². The second-order valence-electron chi connectivity index (χ2n) is 8.83. The average Bonchev–Trinajstić information content (AvgIpc) is 2.77. The van der Waals surface area contributed by atoms with E-state index in [9.17, 15) is 9.90 Å². The number of aromatic hydroxyl groups is 1. The van der Waals surface area contributed by atoms with Gasteiger partial charge in [-0.25, -0.2) is 14.8 Å². The molecular weight excluding hydrogens is 404 g/mol. The third kappa shape index (κ3) is 4.93. The van der Waals surface area contributed by atoms with E-state index in [4.69, 9.17) is 14.7 Å². The molecule has 0 spiro atoms. The second kappa shape index (κ2) is 9.42. The molecule has 0 bridgehead atoms. The van der Waals surface area contributed by atoms with Crippen molar-refractivity contribution in [2.24, 2.45) is 5.92 Å². The van der Waals surface area contributed by atoms with Crippen LogP contribution in [0.5, 0.6) is 5.75 Å². The number of carbonyl (C=O) groups is 1. The van der Waals surface area contributed by atoms with E-state index >= 15 is 0 Å². The van der Waals surface area contributed by atoms with Crippen LogP contribution in [-0.4, -0.2) is 46.9 Å². The van der Waals surface area contributed by atoms with Crippen LogP contribution in [-0.2, 0) is 4.74 Å². The van der Waals surface area contributed by atoms with Gasteiger partial charge in [0.15, 0.2) is 5.82 Å². The lowest BCUT2D eigenvalue weighted by molar-refractivity contribution is 0.128. The first-order chi connectivity index (χ1) is 15.4.